The van der Waals surface area contributed by atoms with Crippen molar-refractivity contribution in [2.45, 2.75) is 26.8 Å². The van der Waals surface area contributed by atoms with Crippen molar-refractivity contribution in [1.29, 1.82) is 0 Å². The fraction of sp³-hybridized carbons (Fsp3) is 0.286. The van der Waals surface area contributed by atoms with Crippen molar-refractivity contribution in [2.75, 3.05) is 0 Å². The minimum atomic E-state index is -0.520. The van der Waals surface area contributed by atoms with E-state index in [9.17, 15) is 8.78 Å². The first-order valence-corrected chi connectivity index (χ1v) is 5.68. The summed E-state index contributed by atoms with van der Waals surface area (Å²) in [4.78, 5) is 0. The summed E-state index contributed by atoms with van der Waals surface area (Å²) in [6, 6.07) is 3.89. The predicted molar refractivity (Wildman–Crippen MR) is 66.4 cm³/mol. The summed E-state index contributed by atoms with van der Waals surface area (Å²) in [6.45, 7) is 4.05. The average molecular weight is 237 g/mol. The first-order chi connectivity index (χ1) is 8.19. The fourth-order valence-electron chi connectivity index (χ4n) is 1.49. The van der Waals surface area contributed by atoms with E-state index in [4.69, 9.17) is 0 Å². The molecule has 3 heteroatoms. The average Bonchev–Trinajstić information content (AvgIpc) is 2.29. The van der Waals surface area contributed by atoms with E-state index in [1.54, 1.807) is 0 Å². The summed E-state index contributed by atoms with van der Waals surface area (Å²) in [7, 11) is 0. The lowest BCUT2D eigenvalue weighted by atomic mass is 10.2. The maximum Gasteiger partial charge on any atom is 0.131 e. The number of rotatable bonds is 5. The Balaban J connectivity index is 2.75. The molecule has 0 unspecified atom stereocenters. The smallest absolute Gasteiger partial charge is 0.131 e. The Labute approximate surface area is 101 Å². The van der Waals surface area contributed by atoms with Crippen molar-refractivity contribution in [1.82, 2.24) is 5.32 Å². The van der Waals surface area contributed by atoms with Gasteiger partial charge in [-0.05, 0) is 31.6 Å². The van der Waals surface area contributed by atoms with Crippen LogP contribution in [0.2, 0.25) is 0 Å². The monoisotopic (exact) mass is 237 g/mol. The Morgan fingerprint density at radius 1 is 1.29 bits per heavy atom. The molecule has 1 nitrogen and oxygen atoms in total. The summed E-state index contributed by atoms with van der Waals surface area (Å²) in [5.41, 5.74) is 0.941. The van der Waals surface area contributed by atoms with Crippen molar-refractivity contribution in [3.63, 3.8) is 0 Å². The first-order valence-electron chi connectivity index (χ1n) is 5.68. The highest BCUT2D eigenvalue weighted by Gasteiger charge is 2.07. The number of hydrogen-bond acceptors (Lipinski definition) is 1. The van der Waals surface area contributed by atoms with Gasteiger partial charge < -0.3 is 5.32 Å². The second-order valence-corrected chi connectivity index (χ2v) is 3.62. The maximum atomic E-state index is 13.4. The van der Waals surface area contributed by atoms with Gasteiger partial charge in [-0.3, -0.25) is 0 Å². The Morgan fingerprint density at radius 3 is 2.47 bits per heavy atom. The van der Waals surface area contributed by atoms with E-state index in [0.717, 1.165) is 12.1 Å². The summed E-state index contributed by atoms with van der Waals surface area (Å²) in [6.07, 6.45) is 6.60. The van der Waals surface area contributed by atoms with E-state index in [1.807, 2.05) is 32.1 Å². The molecule has 0 bridgehead atoms. The van der Waals surface area contributed by atoms with Crippen LogP contribution in [0.25, 0.3) is 0 Å². The molecule has 0 spiro atoms. The Kier molecular flexibility index (Phi) is 5.40. The highest BCUT2D eigenvalue weighted by atomic mass is 19.1. The van der Waals surface area contributed by atoms with E-state index < -0.39 is 11.6 Å². The lowest BCUT2D eigenvalue weighted by Crippen LogP contribution is -2.13. The van der Waals surface area contributed by atoms with Crippen LogP contribution in [0, 0.1) is 11.6 Å². The van der Waals surface area contributed by atoms with Crippen LogP contribution in [0.3, 0.4) is 0 Å². The molecule has 92 valence electrons. The molecular weight excluding hydrogens is 220 g/mol. The van der Waals surface area contributed by atoms with Crippen LogP contribution in [-0.4, -0.2) is 0 Å². The molecule has 0 atom stereocenters. The zero-order valence-electron chi connectivity index (χ0n) is 10.1. The maximum absolute atomic E-state index is 13.4. The van der Waals surface area contributed by atoms with E-state index in [0.29, 0.717) is 0 Å². The van der Waals surface area contributed by atoms with Gasteiger partial charge in [-0.1, -0.05) is 25.1 Å². The van der Waals surface area contributed by atoms with Crippen LogP contribution in [-0.2, 0) is 6.54 Å². The number of halogens is 2. The number of nitrogens with one attached hydrogen (secondary N) is 1. The zero-order valence-corrected chi connectivity index (χ0v) is 10.1. The van der Waals surface area contributed by atoms with Gasteiger partial charge in [0.05, 0.1) is 0 Å². The molecule has 0 fully saturated rings. The predicted octanol–water partition coefficient (Wildman–Crippen LogP) is 3.92. The summed E-state index contributed by atoms with van der Waals surface area (Å²) >= 11 is 0. The first kappa shape index (κ1) is 13.4. The molecule has 1 N–H and O–H groups in total. The fourth-order valence-corrected chi connectivity index (χ4v) is 1.49. The topological polar surface area (TPSA) is 12.0 Å². The SMILES string of the molecule is C/C=C\C(=C/CC)NCc1c(F)cccc1F. The van der Waals surface area contributed by atoms with Gasteiger partial charge in [0.25, 0.3) is 0 Å². The lowest BCUT2D eigenvalue weighted by Gasteiger charge is -2.09. The summed E-state index contributed by atoms with van der Waals surface area (Å²) in [5.74, 6) is -1.04. The number of hydrogen-bond donors (Lipinski definition) is 1. The molecule has 1 aromatic rings. The molecule has 0 saturated carbocycles. The van der Waals surface area contributed by atoms with Crippen LogP contribution in [0.4, 0.5) is 8.78 Å². The van der Waals surface area contributed by atoms with Crippen molar-refractivity contribution < 1.29 is 8.78 Å². The van der Waals surface area contributed by atoms with Crippen LogP contribution in [0.1, 0.15) is 25.8 Å². The normalized spacial score (nSPS) is 12.1. The molecule has 0 aliphatic heterocycles. The molecule has 0 aliphatic rings. The molecule has 0 amide bonds. The third-order valence-electron chi connectivity index (χ3n) is 2.30. The van der Waals surface area contributed by atoms with Crippen molar-refractivity contribution in [3.8, 4) is 0 Å². The van der Waals surface area contributed by atoms with Gasteiger partial charge in [0.2, 0.25) is 0 Å². The van der Waals surface area contributed by atoms with Gasteiger partial charge in [0.1, 0.15) is 11.6 Å². The third kappa shape index (κ3) is 4.02. The largest absolute Gasteiger partial charge is 0.381 e. The molecule has 1 rings (SSSR count). The van der Waals surface area contributed by atoms with Crippen LogP contribution in [0.15, 0.2) is 42.1 Å². The third-order valence-corrected chi connectivity index (χ3v) is 2.30. The molecule has 0 heterocycles. The minimum Gasteiger partial charge on any atom is -0.381 e. The Bertz CT molecular complexity index is 402. The van der Waals surface area contributed by atoms with Crippen molar-refractivity contribution >= 4 is 0 Å². The molecule has 17 heavy (non-hydrogen) atoms. The summed E-state index contributed by atoms with van der Waals surface area (Å²) < 4.78 is 26.7. The van der Waals surface area contributed by atoms with E-state index in [1.165, 1.54) is 18.2 Å². The highest BCUT2D eigenvalue weighted by Crippen LogP contribution is 2.12. The molecule has 0 aliphatic carbocycles. The van der Waals surface area contributed by atoms with Gasteiger partial charge in [0.15, 0.2) is 0 Å². The van der Waals surface area contributed by atoms with Crippen molar-refractivity contribution in [2.24, 2.45) is 0 Å². The molecular formula is C14H17F2N. The van der Waals surface area contributed by atoms with Gasteiger partial charge in [-0.15, -0.1) is 0 Å². The summed E-state index contributed by atoms with van der Waals surface area (Å²) in [5, 5.41) is 3.01. The number of benzene rings is 1. The van der Waals surface area contributed by atoms with Crippen LogP contribution in [0.5, 0.6) is 0 Å². The van der Waals surface area contributed by atoms with Gasteiger partial charge in [0, 0.05) is 17.8 Å². The van der Waals surface area contributed by atoms with Gasteiger partial charge in [-0.25, -0.2) is 8.78 Å². The minimum absolute atomic E-state index is 0.0685. The van der Waals surface area contributed by atoms with Crippen molar-refractivity contribution in [3.05, 3.63) is 59.3 Å². The van der Waals surface area contributed by atoms with E-state index in [-0.39, 0.29) is 12.1 Å². The molecule has 0 radical (unpaired) electrons. The lowest BCUT2D eigenvalue weighted by molar-refractivity contribution is 0.547. The van der Waals surface area contributed by atoms with E-state index >= 15 is 0 Å². The Morgan fingerprint density at radius 2 is 1.94 bits per heavy atom. The second kappa shape index (κ2) is 6.84. The second-order valence-electron chi connectivity index (χ2n) is 3.62. The zero-order chi connectivity index (χ0) is 12.7. The Hall–Kier alpha value is -1.64. The van der Waals surface area contributed by atoms with Gasteiger partial charge >= 0.3 is 0 Å². The highest BCUT2D eigenvalue weighted by molar-refractivity contribution is 5.22. The van der Waals surface area contributed by atoms with Gasteiger partial charge in [-0.2, -0.15) is 0 Å². The molecule has 0 aromatic heterocycles. The quantitative estimate of drug-likeness (QED) is 0.765. The molecule has 0 saturated heterocycles. The molecule has 1 aromatic carbocycles. The standard InChI is InChI=1S/C14H17F2N/c1-3-6-11(7-4-2)17-10-12-13(15)8-5-9-14(12)16/h3,5-9,17H,4,10H2,1-2H3/b6-3-,11-7+. The van der Waals surface area contributed by atoms with Crippen LogP contribution >= 0.6 is 0 Å². The number of allylic oxidation sites excluding steroid dienone is 3. The van der Waals surface area contributed by atoms with Crippen LogP contribution < -0.4 is 5.32 Å². The van der Waals surface area contributed by atoms with E-state index in [2.05, 4.69) is 5.32 Å².